The minimum absolute atomic E-state index is 0.212. The van der Waals surface area contributed by atoms with E-state index in [1.165, 1.54) is 0 Å². The van der Waals surface area contributed by atoms with Crippen molar-refractivity contribution in [2.24, 2.45) is 0 Å². The van der Waals surface area contributed by atoms with Crippen LogP contribution < -0.4 is 0 Å². The third kappa shape index (κ3) is 6.41. The Hall–Kier alpha value is -1.18. The van der Waals surface area contributed by atoms with Gasteiger partial charge in [0.1, 0.15) is 16.3 Å². The average Bonchev–Trinajstić information content (AvgIpc) is 2.49. The number of likely N-dealkylation sites (N-methyl/N-ethyl adjacent to an activating group) is 1. The van der Waals surface area contributed by atoms with Crippen LogP contribution in [0.3, 0.4) is 0 Å². The van der Waals surface area contributed by atoms with Crippen molar-refractivity contribution in [1.29, 1.82) is 0 Å². The van der Waals surface area contributed by atoms with Crippen LogP contribution in [0.2, 0.25) is 0 Å². The molecular formula is C14H19NO4S2. The highest BCUT2D eigenvalue weighted by molar-refractivity contribution is 8.75. The zero-order valence-corrected chi connectivity index (χ0v) is 13.7. The van der Waals surface area contributed by atoms with Gasteiger partial charge in [-0.3, -0.25) is 9.69 Å². The maximum Gasteiger partial charge on any atom is 0.332 e. The van der Waals surface area contributed by atoms with Crippen LogP contribution in [-0.2, 0) is 13.8 Å². The molecule has 0 radical (unpaired) electrons. The molecule has 0 aliphatic carbocycles. The summed E-state index contributed by atoms with van der Waals surface area (Å²) in [6.45, 7) is 5.68. The van der Waals surface area contributed by atoms with Crippen LogP contribution in [0.1, 0.15) is 24.7 Å². The third-order valence-corrected chi connectivity index (χ3v) is 4.85. The molecule has 1 aromatic carbocycles. The molecule has 1 aromatic rings. The molecule has 0 bridgehead atoms. The van der Waals surface area contributed by atoms with Crippen molar-refractivity contribution in [2.75, 3.05) is 19.6 Å². The van der Waals surface area contributed by atoms with Crippen molar-refractivity contribution < 1.29 is 18.9 Å². The molecule has 5 nitrogen and oxygen atoms in total. The molecule has 0 saturated heterocycles. The fraction of sp³-hybridized carbons (Fsp3) is 0.429. The normalized spacial score (nSPS) is 12.1. The lowest BCUT2D eigenvalue weighted by Gasteiger charge is -2.16. The second-order valence-electron chi connectivity index (χ2n) is 4.21. The molecule has 1 rings (SSSR count). The molecule has 0 heterocycles. The predicted octanol–water partition coefficient (Wildman–Crippen LogP) is 2.99. The van der Waals surface area contributed by atoms with Gasteiger partial charge in [-0.1, -0.05) is 44.2 Å². The third-order valence-electron chi connectivity index (χ3n) is 2.84. The maximum absolute atomic E-state index is 11.6. The molecule has 21 heavy (non-hydrogen) atoms. The van der Waals surface area contributed by atoms with Gasteiger partial charge in [-0.25, -0.2) is 4.79 Å². The molecule has 0 amide bonds. The molecule has 7 heteroatoms. The Balaban J connectivity index is 2.45. The Bertz CT molecular complexity index is 452. The van der Waals surface area contributed by atoms with Gasteiger partial charge in [0.05, 0.1) is 6.54 Å². The van der Waals surface area contributed by atoms with Gasteiger partial charge < -0.3 is 9.29 Å². The predicted molar refractivity (Wildman–Crippen MR) is 85.9 cm³/mol. The van der Waals surface area contributed by atoms with E-state index in [-0.39, 0.29) is 12.5 Å². The van der Waals surface area contributed by atoms with E-state index in [0.717, 1.165) is 35.0 Å². The van der Waals surface area contributed by atoms with Gasteiger partial charge in [-0.05, 0) is 29.4 Å². The second kappa shape index (κ2) is 9.70. The standard InChI is InChI=1S/C14H19NO4S2/c1-3-15(4-2)10-12(16)19-21-20-13(14(17)18)11-8-6-5-7-9-11/h5-9,13H,3-4,10H2,1-2H3,(H,17,18). The summed E-state index contributed by atoms with van der Waals surface area (Å²) < 4.78 is 5.01. The van der Waals surface area contributed by atoms with E-state index in [1.807, 2.05) is 24.8 Å². The highest BCUT2D eigenvalue weighted by Crippen LogP contribution is 2.38. The first-order chi connectivity index (χ1) is 10.1. The highest BCUT2D eigenvalue weighted by atomic mass is 33.1. The van der Waals surface area contributed by atoms with Gasteiger partial charge in [0.2, 0.25) is 0 Å². The summed E-state index contributed by atoms with van der Waals surface area (Å²) in [5.74, 6) is -1.33. The van der Waals surface area contributed by atoms with Crippen molar-refractivity contribution >= 4 is 33.8 Å². The van der Waals surface area contributed by atoms with Crippen molar-refractivity contribution in [2.45, 2.75) is 19.1 Å². The Kier molecular flexibility index (Phi) is 8.26. The van der Waals surface area contributed by atoms with Crippen LogP contribution in [0.25, 0.3) is 0 Å². The minimum Gasteiger partial charge on any atom is -0.480 e. The molecule has 1 atom stereocenters. The number of benzene rings is 1. The molecule has 116 valence electrons. The molecule has 1 N–H and O–H groups in total. The van der Waals surface area contributed by atoms with Crippen molar-refractivity contribution in [1.82, 2.24) is 4.90 Å². The lowest BCUT2D eigenvalue weighted by Crippen LogP contribution is -2.29. The molecule has 0 saturated carbocycles. The van der Waals surface area contributed by atoms with E-state index in [4.69, 9.17) is 4.18 Å². The molecule has 0 aromatic heterocycles. The Labute approximate surface area is 132 Å². The number of carboxylic acid groups (broad SMARTS) is 1. The maximum atomic E-state index is 11.6. The lowest BCUT2D eigenvalue weighted by molar-refractivity contribution is -0.137. The summed E-state index contributed by atoms with van der Waals surface area (Å²) in [6.07, 6.45) is 0. The highest BCUT2D eigenvalue weighted by Gasteiger charge is 2.22. The number of carboxylic acids is 1. The lowest BCUT2D eigenvalue weighted by atomic mass is 10.1. The van der Waals surface area contributed by atoms with Gasteiger partial charge in [0, 0.05) is 0 Å². The van der Waals surface area contributed by atoms with Crippen LogP contribution in [-0.4, -0.2) is 41.6 Å². The van der Waals surface area contributed by atoms with Crippen LogP contribution in [0.4, 0.5) is 0 Å². The number of aliphatic carboxylic acids is 1. The average molecular weight is 329 g/mol. The van der Waals surface area contributed by atoms with Gasteiger partial charge in [-0.2, -0.15) is 0 Å². The van der Waals surface area contributed by atoms with E-state index in [9.17, 15) is 14.7 Å². The second-order valence-corrected chi connectivity index (χ2v) is 6.16. The van der Waals surface area contributed by atoms with E-state index >= 15 is 0 Å². The summed E-state index contributed by atoms with van der Waals surface area (Å²) in [7, 11) is 1.01. The van der Waals surface area contributed by atoms with Crippen molar-refractivity contribution in [3.8, 4) is 0 Å². The first kappa shape index (κ1) is 17.9. The van der Waals surface area contributed by atoms with E-state index in [1.54, 1.807) is 24.3 Å². The first-order valence-corrected chi connectivity index (χ1v) is 8.75. The van der Waals surface area contributed by atoms with E-state index < -0.39 is 11.2 Å². The summed E-state index contributed by atoms with van der Waals surface area (Å²) in [5, 5.41) is 8.46. The van der Waals surface area contributed by atoms with Crippen LogP contribution in [0, 0.1) is 0 Å². The molecular weight excluding hydrogens is 310 g/mol. The van der Waals surface area contributed by atoms with Gasteiger partial charge in [0.15, 0.2) is 0 Å². The fourth-order valence-corrected chi connectivity index (χ4v) is 3.38. The van der Waals surface area contributed by atoms with Crippen LogP contribution in [0.15, 0.2) is 30.3 Å². The monoisotopic (exact) mass is 329 g/mol. The summed E-state index contributed by atoms with van der Waals surface area (Å²) in [6, 6.07) is 8.87. The van der Waals surface area contributed by atoms with Crippen LogP contribution >= 0.6 is 21.9 Å². The Morgan fingerprint density at radius 1 is 1.24 bits per heavy atom. The minimum atomic E-state index is -0.960. The fourth-order valence-electron chi connectivity index (χ4n) is 1.62. The number of hydrogen-bond acceptors (Lipinski definition) is 6. The summed E-state index contributed by atoms with van der Waals surface area (Å²) in [5.41, 5.74) is 0.669. The quantitative estimate of drug-likeness (QED) is 0.552. The zero-order valence-electron chi connectivity index (χ0n) is 12.0. The van der Waals surface area contributed by atoms with Gasteiger partial charge >= 0.3 is 11.9 Å². The Morgan fingerprint density at radius 3 is 2.38 bits per heavy atom. The van der Waals surface area contributed by atoms with Crippen molar-refractivity contribution in [3.05, 3.63) is 35.9 Å². The number of hydrogen-bond donors (Lipinski definition) is 1. The zero-order chi connectivity index (χ0) is 15.7. The van der Waals surface area contributed by atoms with Crippen LogP contribution in [0.5, 0.6) is 0 Å². The summed E-state index contributed by atoms with van der Waals surface area (Å²) in [4.78, 5) is 24.8. The summed E-state index contributed by atoms with van der Waals surface area (Å²) >= 11 is 0.815. The molecule has 0 spiro atoms. The largest absolute Gasteiger partial charge is 0.480 e. The number of rotatable bonds is 9. The Morgan fingerprint density at radius 2 is 1.86 bits per heavy atom. The number of nitrogens with zero attached hydrogens (tertiary/aromatic N) is 1. The van der Waals surface area contributed by atoms with Gasteiger partial charge in [-0.15, -0.1) is 0 Å². The smallest absolute Gasteiger partial charge is 0.332 e. The molecule has 0 aliphatic heterocycles. The van der Waals surface area contributed by atoms with Gasteiger partial charge in [0.25, 0.3) is 0 Å². The SMILES string of the molecule is CCN(CC)CC(=O)OSSC(C(=O)O)c1ccccc1. The topological polar surface area (TPSA) is 66.8 Å². The molecule has 1 unspecified atom stereocenters. The molecule has 0 aliphatic rings. The van der Waals surface area contributed by atoms with E-state index in [0.29, 0.717) is 5.56 Å². The van der Waals surface area contributed by atoms with E-state index in [2.05, 4.69) is 0 Å². The number of carbonyl (C=O) groups excluding carboxylic acids is 1. The molecule has 0 fully saturated rings. The first-order valence-electron chi connectivity index (χ1n) is 6.61. The van der Waals surface area contributed by atoms with Crippen molar-refractivity contribution in [3.63, 3.8) is 0 Å². The number of carbonyl (C=O) groups is 2.